The molecule has 3 rings (SSSR count). The monoisotopic (exact) mass is 372 g/mol. The summed E-state index contributed by atoms with van der Waals surface area (Å²) in [5, 5.41) is 3.66. The maximum atomic E-state index is 11.7. The van der Waals surface area contributed by atoms with E-state index in [9.17, 15) is 4.79 Å². The third-order valence-electron chi connectivity index (χ3n) is 4.40. The van der Waals surface area contributed by atoms with E-state index in [4.69, 9.17) is 0 Å². The molecule has 2 aromatic rings. The molecule has 0 bridgehead atoms. The first kappa shape index (κ1) is 22.7. The summed E-state index contributed by atoms with van der Waals surface area (Å²) in [5.74, 6) is 0. The molecule has 1 aliphatic carbocycles. The van der Waals surface area contributed by atoms with Crippen LogP contribution in [0.4, 0.5) is 0 Å². The Labute approximate surface area is 155 Å². The Morgan fingerprint density at radius 1 is 1.12 bits per heavy atom. The average molecular weight is 373 g/mol. The van der Waals surface area contributed by atoms with Gasteiger partial charge in [0, 0.05) is 24.8 Å². The predicted molar refractivity (Wildman–Crippen MR) is 104 cm³/mol. The molecule has 0 saturated carbocycles. The van der Waals surface area contributed by atoms with Crippen molar-refractivity contribution in [2.24, 2.45) is 7.05 Å². The van der Waals surface area contributed by atoms with Gasteiger partial charge in [0.05, 0.1) is 0 Å². The number of nitrogens with one attached hydrogen (secondary N) is 1. The molecule has 134 valence electrons. The fourth-order valence-corrected chi connectivity index (χ4v) is 3.20. The van der Waals surface area contributed by atoms with E-state index in [0.29, 0.717) is 6.04 Å². The van der Waals surface area contributed by atoms with Crippen LogP contribution in [0.2, 0.25) is 0 Å². The van der Waals surface area contributed by atoms with Crippen LogP contribution in [-0.4, -0.2) is 16.6 Å². The number of halogens is 2. The molecule has 1 unspecified atom stereocenters. The summed E-state index contributed by atoms with van der Waals surface area (Å²) < 4.78 is 1.81. The first-order valence-electron chi connectivity index (χ1n) is 7.72. The molecule has 3 N–H and O–H groups in total. The Bertz CT molecular complexity index is 674. The van der Waals surface area contributed by atoms with Gasteiger partial charge in [-0.1, -0.05) is 36.4 Å². The van der Waals surface area contributed by atoms with E-state index in [1.54, 1.807) is 10.6 Å². The molecule has 1 atom stereocenters. The number of hydrogen-bond donors (Lipinski definition) is 1. The molecule has 4 nitrogen and oxygen atoms in total. The lowest BCUT2D eigenvalue weighted by Gasteiger charge is -2.27. The molecule has 1 aromatic heterocycles. The van der Waals surface area contributed by atoms with Gasteiger partial charge in [-0.25, -0.2) is 0 Å². The number of nitrogens with zero attached hydrogens (tertiary/aromatic N) is 1. The second kappa shape index (κ2) is 10.5. The van der Waals surface area contributed by atoms with Gasteiger partial charge in [0.1, 0.15) is 0 Å². The summed E-state index contributed by atoms with van der Waals surface area (Å²) in [6.07, 6.45) is 4.35. The quantitative estimate of drug-likeness (QED) is 0.895. The number of hydrogen-bond acceptors (Lipinski definition) is 2. The van der Waals surface area contributed by atoms with Crippen molar-refractivity contribution in [2.45, 2.75) is 31.7 Å². The number of benzene rings is 1. The van der Waals surface area contributed by atoms with Crippen LogP contribution in [0.3, 0.4) is 0 Å². The van der Waals surface area contributed by atoms with Crippen molar-refractivity contribution in [3.05, 3.63) is 69.6 Å². The summed E-state index contributed by atoms with van der Waals surface area (Å²) in [5.41, 5.74) is 3.96. The molecule has 0 spiro atoms. The Morgan fingerprint density at radius 3 is 2.54 bits per heavy atom. The van der Waals surface area contributed by atoms with Crippen molar-refractivity contribution >= 4 is 24.8 Å². The summed E-state index contributed by atoms with van der Waals surface area (Å²) in [4.78, 5) is 11.7. The van der Waals surface area contributed by atoms with Crippen molar-refractivity contribution in [3.8, 4) is 0 Å². The third-order valence-corrected chi connectivity index (χ3v) is 4.40. The van der Waals surface area contributed by atoms with Gasteiger partial charge in [0.25, 0.3) is 0 Å². The van der Waals surface area contributed by atoms with E-state index in [-0.39, 0.29) is 35.8 Å². The topological polar surface area (TPSA) is 65.5 Å². The Kier molecular flexibility index (Phi) is 9.93. The zero-order chi connectivity index (χ0) is 14.7. The Morgan fingerprint density at radius 2 is 1.83 bits per heavy atom. The number of pyridine rings is 1. The van der Waals surface area contributed by atoms with Crippen molar-refractivity contribution in [1.82, 2.24) is 9.88 Å². The number of aromatic nitrogens is 1. The van der Waals surface area contributed by atoms with E-state index in [1.807, 2.05) is 13.1 Å². The summed E-state index contributed by atoms with van der Waals surface area (Å²) >= 11 is 0. The smallest absolute Gasteiger partial charge is 0.250 e. The maximum absolute atomic E-state index is 11.7. The standard InChI is InChI=1S/C18H22N2O.2ClH.H2O/c1-20-17-9-5-8-16(15(17)10-11-18(20)21)19-13-12-14-6-3-2-4-7-14;;;/h2-4,6-7,10-11,16,19H,5,8-9,12-13H2,1H3;2*1H;1H2. The van der Waals surface area contributed by atoms with Crippen LogP contribution in [0.25, 0.3) is 0 Å². The Balaban J connectivity index is 0.00000176. The van der Waals surface area contributed by atoms with Crippen molar-refractivity contribution in [1.29, 1.82) is 0 Å². The van der Waals surface area contributed by atoms with Gasteiger partial charge in [-0.3, -0.25) is 4.79 Å². The molecule has 24 heavy (non-hydrogen) atoms. The Hall–Kier alpha value is -1.33. The third kappa shape index (κ3) is 5.08. The summed E-state index contributed by atoms with van der Waals surface area (Å²) in [7, 11) is 1.88. The van der Waals surface area contributed by atoms with Gasteiger partial charge in [0.15, 0.2) is 0 Å². The highest BCUT2D eigenvalue weighted by atomic mass is 35.5. The molecule has 0 saturated heterocycles. The zero-order valence-corrected chi connectivity index (χ0v) is 15.5. The molecule has 0 radical (unpaired) electrons. The van der Waals surface area contributed by atoms with Crippen molar-refractivity contribution in [2.75, 3.05) is 6.54 Å². The summed E-state index contributed by atoms with van der Waals surface area (Å²) in [6.45, 7) is 0.969. The fourth-order valence-electron chi connectivity index (χ4n) is 3.20. The van der Waals surface area contributed by atoms with Crippen LogP contribution in [0.15, 0.2) is 47.3 Å². The van der Waals surface area contributed by atoms with Crippen LogP contribution >= 0.6 is 24.8 Å². The molecule has 1 aromatic carbocycles. The van der Waals surface area contributed by atoms with Crippen LogP contribution in [0.5, 0.6) is 0 Å². The second-order valence-corrected chi connectivity index (χ2v) is 5.77. The highest BCUT2D eigenvalue weighted by Gasteiger charge is 2.21. The molecule has 0 aliphatic heterocycles. The minimum atomic E-state index is 0. The van der Waals surface area contributed by atoms with E-state index in [2.05, 4.69) is 35.6 Å². The fraction of sp³-hybridized carbons (Fsp3) is 0.389. The molecule has 0 fully saturated rings. The van der Waals surface area contributed by atoms with Gasteiger partial charge in [0.2, 0.25) is 5.56 Å². The van der Waals surface area contributed by atoms with Crippen LogP contribution in [0, 0.1) is 0 Å². The first-order chi connectivity index (χ1) is 10.3. The number of fused-ring (bicyclic) bond motifs is 1. The van der Waals surface area contributed by atoms with Gasteiger partial charge < -0.3 is 15.4 Å². The van der Waals surface area contributed by atoms with E-state index >= 15 is 0 Å². The van der Waals surface area contributed by atoms with Crippen molar-refractivity contribution in [3.63, 3.8) is 0 Å². The minimum absolute atomic E-state index is 0. The maximum Gasteiger partial charge on any atom is 0.250 e. The lowest BCUT2D eigenvalue weighted by molar-refractivity contribution is 0.449. The highest BCUT2D eigenvalue weighted by Crippen LogP contribution is 2.28. The van der Waals surface area contributed by atoms with Gasteiger partial charge in [-0.05, 0) is 43.4 Å². The van der Waals surface area contributed by atoms with Gasteiger partial charge >= 0.3 is 0 Å². The average Bonchev–Trinajstić information content (AvgIpc) is 2.52. The van der Waals surface area contributed by atoms with Gasteiger partial charge in [-0.2, -0.15) is 0 Å². The normalized spacial score (nSPS) is 15.3. The number of rotatable bonds is 4. The van der Waals surface area contributed by atoms with Crippen LogP contribution in [-0.2, 0) is 19.9 Å². The van der Waals surface area contributed by atoms with Crippen LogP contribution < -0.4 is 10.9 Å². The molecule has 0 amide bonds. The lowest BCUT2D eigenvalue weighted by Crippen LogP contribution is -2.31. The second-order valence-electron chi connectivity index (χ2n) is 5.77. The first-order valence-corrected chi connectivity index (χ1v) is 7.72. The SMILES string of the molecule is Cl.Cl.Cn1c2c(ccc1=O)C(NCCc1ccccc1)CCC2.O. The molecular weight excluding hydrogens is 347 g/mol. The lowest BCUT2D eigenvalue weighted by atomic mass is 9.91. The molecule has 6 heteroatoms. The molecule has 1 aliphatic rings. The van der Waals surface area contributed by atoms with Crippen LogP contribution in [0.1, 0.15) is 35.7 Å². The minimum Gasteiger partial charge on any atom is -0.412 e. The summed E-state index contributed by atoms with van der Waals surface area (Å²) in [6, 6.07) is 14.6. The predicted octanol–water partition coefficient (Wildman–Crippen LogP) is 2.61. The van der Waals surface area contributed by atoms with E-state index < -0.39 is 0 Å². The molecule has 1 heterocycles. The highest BCUT2D eigenvalue weighted by molar-refractivity contribution is 5.85. The van der Waals surface area contributed by atoms with E-state index in [0.717, 1.165) is 32.2 Å². The zero-order valence-electron chi connectivity index (χ0n) is 13.8. The largest absolute Gasteiger partial charge is 0.412 e. The van der Waals surface area contributed by atoms with Crippen molar-refractivity contribution < 1.29 is 5.48 Å². The van der Waals surface area contributed by atoms with E-state index in [1.165, 1.54) is 16.8 Å². The molecular formula is C18H26Cl2N2O2. The van der Waals surface area contributed by atoms with Gasteiger partial charge in [-0.15, -0.1) is 24.8 Å².